The van der Waals surface area contributed by atoms with Crippen LogP contribution < -0.4 is 15.4 Å². The Morgan fingerprint density at radius 2 is 1.20 bits per heavy atom. The molecule has 6 atom stereocenters. The van der Waals surface area contributed by atoms with E-state index < -0.39 is 70.2 Å². The number of benzene rings is 6. The van der Waals surface area contributed by atoms with Crippen molar-refractivity contribution in [3.8, 4) is 0 Å². The van der Waals surface area contributed by atoms with Crippen molar-refractivity contribution >= 4 is 27.7 Å². The van der Waals surface area contributed by atoms with E-state index in [0.717, 1.165) is 57.6 Å². The molecule has 0 unspecified atom stereocenters. The Balaban J connectivity index is 1.23. The number of allylic oxidation sites excluding steroid dienone is 1. The molecular weight excluding hydrogens is 929 g/mol. The van der Waals surface area contributed by atoms with Crippen LogP contribution in [0.4, 0.5) is 10.5 Å². The normalized spacial score (nSPS) is 18.2. The lowest BCUT2D eigenvalue weighted by Gasteiger charge is -2.46. The molecule has 2 amide bonds. The Morgan fingerprint density at radius 1 is 0.676 bits per heavy atom. The Labute approximate surface area is 413 Å². The summed E-state index contributed by atoms with van der Waals surface area (Å²) in [6.45, 7) is 3.47. The lowest BCUT2D eigenvalue weighted by atomic mass is 9.96. The summed E-state index contributed by atoms with van der Waals surface area (Å²) in [5.41, 5.74) is 4.64. The van der Waals surface area contributed by atoms with Crippen molar-refractivity contribution in [1.82, 2.24) is 15.4 Å². The number of nitro benzene ring substituents is 1. The van der Waals surface area contributed by atoms with Crippen LogP contribution in [-0.2, 0) is 82.6 Å². The van der Waals surface area contributed by atoms with E-state index in [-0.39, 0.29) is 50.2 Å². The van der Waals surface area contributed by atoms with Crippen molar-refractivity contribution < 1.29 is 51.4 Å². The van der Waals surface area contributed by atoms with Crippen molar-refractivity contribution in [2.45, 2.75) is 81.0 Å². The summed E-state index contributed by atoms with van der Waals surface area (Å²) < 4.78 is 69.1. The van der Waals surface area contributed by atoms with Crippen LogP contribution in [-0.4, -0.2) is 75.2 Å². The number of hydrogen-bond donors (Lipinski definition) is 3. The summed E-state index contributed by atoms with van der Waals surface area (Å²) in [6, 6.07) is 46.3. The van der Waals surface area contributed by atoms with E-state index in [2.05, 4.69) is 21.9 Å². The summed E-state index contributed by atoms with van der Waals surface area (Å²) in [6.07, 6.45) is -2.95. The molecule has 1 fully saturated rings. The number of rotatable bonds is 25. The van der Waals surface area contributed by atoms with Gasteiger partial charge in [0, 0.05) is 18.7 Å². The van der Waals surface area contributed by atoms with E-state index in [1.54, 1.807) is 6.08 Å². The fraction of sp³-hybridized carbons (Fsp3) is 0.259. The van der Waals surface area contributed by atoms with E-state index in [4.69, 9.17) is 28.4 Å². The van der Waals surface area contributed by atoms with Gasteiger partial charge in [0.05, 0.1) is 42.9 Å². The van der Waals surface area contributed by atoms with Crippen molar-refractivity contribution in [3.63, 3.8) is 0 Å². The number of carbonyl (C=O) groups excluding carboxylic acids is 2. The van der Waals surface area contributed by atoms with Crippen molar-refractivity contribution in [2.24, 2.45) is 0 Å². The molecule has 17 heteroatoms. The number of amides is 2. The molecule has 71 heavy (non-hydrogen) atoms. The molecule has 6 aromatic carbocycles. The predicted molar refractivity (Wildman–Crippen MR) is 264 cm³/mol. The zero-order valence-electron chi connectivity index (χ0n) is 38.8. The van der Waals surface area contributed by atoms with E-state index in [9.17, 15) is 28.1 Å². The Hall–Kier alpha value is -7.09. The van der Waals surface area contributed by atoms with Gasteiger partial charge in [0.2, 0.25) is 15.9 Å². The van der Waals surface area contributed by atoms with Crippen LogP contribution >= 0.6 is 0 Å². The lowest BCUT2D eigenvalue weighted by molar-refractivity contribution is -0.384. The molecule has 6 aromatic rings. The number of carbonyl (C=O) groups is 2. The minimum atomic E-state index is -4.53. The number of nitrogens with one attached hydrogen (secondary N) is 3. The Bertz CT molecular complexity index is 2740. The van der Waals surface area contributed by atoms with Crippen molar-refractivity contribution in [3.05, 3.63) is 226 Å². The molecule has 1 heterocycles. The molecule has 3 N–H and O–H groups in total. The second-order valence-electron chi connectivity index (χ2n) is 16.5. The number of nitrogens with zero attached hydrogens (tertiary/aromatic N) is 1. The van der Waals surface area contributed by atoms with Gasteiger partial charge in [-0.3, -0.25) is 14.9 Å². The molecule has 370 valence electrons. The number of ether oxygens (including phenoxy) is 6. The quantitative estimate of drug-likeness (QED) is 0.0287. The van der Waals surface area contributed by atoms with Gasteiger partial charge in [-0.15, -0.1) is 6.58 Å². The third-order valence-corrected chi connectivity index (χ3v) is 12.9. The number of non-ortho nitro benzene ring substituents is 1. The maximum absolute atomic E-state index is 14.3. The minimum Gasteiger partial charge on any atom is -0.445 e. The summed E-state index contributed by atoms with van der Waals surface area (Å²) in [5.74, 6) is -0.768. The first-order valence-electron chi connectivity index (χ1n) is 23.0. The minimum absolute atomic E-state index is 0.0205. The maximum atomic E-state index is 14.3. The Kier molecular flexibility index (Phi) is 19.1. The highest BCUT2D eigenvalue weighted by atomic mass is 32.2. The SMILES string of the molecule is C=CCc1ccccc1CNC(=O)[C@H](CO[C@H]1O[C@H](COCc2ccccc2)[C@H](OCc2ccccc2)[C@H](OCc2ccccc2)[C@H]1NC(=O)OCc1ccccc1)NS(=O)(=O)c1ccc([N+](=O)[O-])cc1. The molecule has 0 spiro atoms. The van der Waals surface area contributed by atoms with Gasteiger partial charge in [-0.2, -0.15) is 4.72 Å². The number of nitro groups is 1. The van der Waals surface area contributed by atoms with E-state index in [1.807, 2.05) is 146 Å². The highest BCUT2D eigenvalue weighted by Crippen LogP contribution is 2.30. The molecule has 7 rings (SSSR count). The third kappa shape index (κ3) is 15.4. The molecular formula is C54H56N4O12S. The zero-order chi connectivity index (χ0) is 49.8. The van der Waals surface area contributed by atoms with E-state index in [1.165, 1.54) is 0 Å². The second kappa shape index (κ2) is 26.2. The van der Waals surface area contributed by atoms with Crippen LogP contribution in [0.15, 0.2) is 187 Å². The van der Waals surface area contributed by atoms with Crippen LogP contribution in [0, 0.1) is 10.1 Å². The van der Waals surface area contributed by atoms with E-state index >= 15 is 0 Å². The van der Waals surface area contributed by atoms with Crippen molar-refractivity contribution in [1.29, 1.82) is 0 Å². The Morgan fingerprint density at radius 3 is 1.76 bits per heavy atom. The largest absolute Gasteiger partial charge is 0.445 e. The number of hydrogen-bond acceptors (Lipinski definition) is 12. The van der Waals surface area contributed by atoms with Gasteiger partial charge in [-0.05, 0) is 51.9 Å². The fourth-order valence-electron chi connectivity index (χ4n) is 7.78. The summed E-state index contributed by atoms with van der Waals surface area (Å²) in [4.78, 5) is 38.7. The van der Waals surface area contributed by atoms with Crippen molar-refractivity contribution in [2.75, 3.05) is 13.2 Å². The van der Waals surface area contributed by atoms with Gasteiger partial charge in [0.25, 0.3) is 5.69 Å². The van der Waals surface area contributed by atoms with Crippen LogP contribution in [0.2, 0.25) is 0 Å². The van der Waals surface area contributed by atoms with Crippen LogP contribution in [0.3, 0.4) is 0 Å². The van der Waals surface area contributed by atoms with Gasteiger partial charge >= 0.3 is 6.09 Å². The first-order valence-corrected chi connectivity index (χ1v) is 24.4. The van der Waals surface area contributed by atoms with Gasteiger partial charge in [0.1, 0.15) is 37.0 Å². The average Bonchev–Trinajstić information content (AvgIpc) is 3.39. The molecule has 16 nitrogen and oxygen atoms in total. The molecule has 1 aliphatic heterocycles. The van der Waals surface area contributed by atoms with E-state index in [0.29, 0.717) is 6.42 Å². The van der Waals surface area contributed by atoms with Crippen LogP contribution in [0.5, 0.6) is 0 Å². The zero-order valence-corrected chi connectivity index (χ0v) is 39.6. The second-order valence-corrected chi connectivity index (χ2v) is 18.2. The first-order chi connectivity index (χ1) is 34.6. The average molecular weight is 985 g/mol. The number of alkyl carbamates (subject to hydrolysis) is 1. The van der Waals surface area contributed by atoms with Crippen LogP contribution in [0.25, 0.3) is 0 Å². The molecule has 1 aliphatic rings. The smallest absolute Gasteiger partial charge is 0.407 e. The molecule has 0 bridgehead atoms. The predicted octanol–water partition coefficient (Wildman–Crippen LogP) is 7.71. The lowest BCUT2D eigenvalue weighted by Crippen LogP contribution is -2.66. The van der Waals surface area contributed by atoms with Gasteiger partial charge in [0.15, 0.2) is 6.29 Å². The topological polar surface area (TPSA) is 203 Å². The number of sulfonamides is 1. The monoisotopic (exact) mass is 984 g/mol. The third-order valence-electron chi connectivity index (χ3n) is 11.4. The highest BCUT2D eigenvalue weighted by molar-refractivity contribution is 7.89. The molecule has 0 aromatic heterocycles. The molecule has 1 saturated heterocycles. The maximum Gasteiger partial charge on any atom is 0.407 e. The first kappa shape index (κ1) is 51.8. The van der Waals surface area contributed by atoms with Gasteiger partial charge in [-0.1, -0.05) is 152 Å². The highest BCUT2D eigenvalue weighted by Gasteiger charge is 2.49. The van der Waals surface area contributed by atoms with Gasteiger partial charge < -0.3 is 39.1 Å². The summed E-state index contributed by atoms with van der Waals surface area (Å²) in [5, 5.41) is 17.1. The standard InChI is InChI=1S/C54H56N4O12S/c1-2-17-43-26-15-16-27-44(43)32-55-52(59)47(57-71(63,64)46-30-28-45(29-31-46)58(61)62)37-68-53-49(56-54(60)69-36-42-24-13-6-14-25-42)51(67-35-41-22-11-5-12-23-41)50(66-34-40-20-9-4-10-21-40)48(70-53)38-65-33-39-18-7-3-8-19-39/h2-16,18-31,47-51,53,57H,1,17,32-38H2,(H,55,59)(H,56,60)/t47-,48+,49+,50-,51+,53-/m0/s1. The fourth-order valence-corrected chi connectivity index (χ4v) is 8.96. The van der Waals surface area contributed by atoms with Crippen LogP contribution in [0.1, 0.15) is 33.4 Å². The van der Waals surface area contributed by atoms with Gasteiger partial charge in [-0.25, -0.2) is 13.2 Å². The molecule has 0 aliphatic carbocycles. The summed E-state index contributed by atoms with van der Waals surface area (Å²) in [7, 11) is -4.53. The summed E-state index contributed by atoms with van der Waals surface area (Å²) >= 11 is 0. The molecule has 0 radical (unpaired) electrons. The molecule has 0 saturated carbocycles.